The molecule has 1 N–H and O–H groups in total. The number of carbonyl (C=O) groups is 3. The molecule has 184 valence electrons. The smallest absolute Gasteiger partial charge is 0.261 e. The van der Waals surface area contributed by atoms with Crippen LogP contribution in [0, 0.1) is 0 Å². The summed E-state index contributed by atoms with van der Waals surface area (Å²) >= 11 is 0. The van der Waals surface area contributed by atoms with Crippen LogP contribution in [0.25, 0.3) is 10.8 Å². The third kappa shape index (κ3) is 4.57. The van der Waals surface area contributed by atoms with E-state index in [0.29, 0.717) is 40.5 Å². The van der Waals surface area contributed by atoms with E-state index >= 15 is 0 Å². The highest BCUT2D eigenvalue weighted by Gasteiger charge is 2.37. The lowest BCUT2D eigenvalue weighted by molar-refractivity contribution is 0.0475. The van der Waals surface area contributed by atoms with Crippen LogP contribution in [0.15, 0.2) is 84.9 Å². The van der Waals surface area contributed by atoms with Gasteiger partial charge < -0.3 is 14.8 Å². The number of carbonyl (C=O) groups excluding carboxylic acids is 3. The van der Waals surface area contributed by atoms with Crippen molar-refractivity contribution in [2.24, 2.45) is 0 Å². The van der Waals surface area contributed by atoms with E-state index in [2.05, 4.69) is 5.32 Å². The van der Waals surface area contributed by atoms with Gasteiger partial charge in [-0.3, -0.25) is 19.3 Å². The minimum absolute atomic E-state index is 0.106. The Morgan fingerprint density at radius 3 is 2.51 bits per heavy atom. The van der Waals surface area contributed by atoms with Crippen LogP contribution in [0.1, 0.15) is 43.9 Å². The number of benzene rings is 4. The Morgan fingerprint density at radius 1 is 0.865 bits per heavy atom. The van der Waals surface area contributed by atoms with E-state index in [1.165, 1.54) is 4.90 Å². The molecule has 2 aliphatic heterocycles. The largest absolute Gasteiger partial charge is 0.457 e. The van der Waals surface area contributed by atoms with Crippen LogP contribution in [0.5, 0.6) is 11.5 Å². The van der Waals surface area contributed by atoms with Crippen LogP contribution in [0.4, 0.5) is 5.69 Å². The number of amides is 3. The minimum Gasteiger partial charge on any atom is -0.457 e. The fourth-order valence-electron chi connectivity index (χ4n) is 4.80. The summed E-state index contributed by atoms with van der Waals surface area (Å²) < 4.78 is 11.6. The normalized spacial score (nSPS) is 16.8. The van der Waals surface area contributed by atoms with Crippen LogP contribution in [0.3, 0.4) is 0 Å². The molecular formula is C30H24N2O5. The molecule has 37 heavy (non-hydrogen) atoms. The van der Waals surface area contributed by atoms with Gasteiger partial charge in [-0.1, -0.05) is 36.4 Å². The quantitative estimate of drug-likeness (QED) is 0.351. The maximum atomic E-state index is 12.9. The lowest BCUT2D eigenvalue weighted by atomic mass is 10.1. The van der Waals surface area contributed by atoms with Crippen molar-refractivity contribution in [3.63, 3.8) is 0 Å². The molecule has 7 nitrogen and oxygen atoms in total. The fraction of sp³-hybridized carbons (Fsp3) is 0.167. The molecule has 0 aromatic heterocycles. The van der Waals surface area contributed by atoms with Gasteiger partial charge in [0.05, 0.1) is 23.8 Å². The number of nitrogens with one attached hydrogen (secondary N) is 1. The predicted molar refractivity (Wildman–Crippen MR) is 139 cm³/mol. The van der Waals surface area contributed by atoms with Gasteiger partial charge in [-0.25, -0.2) is 0 Å². The summed E-state index contributed by atoms with van der Waals surface area (Å²) in [6, 6.07) is 25.3. The molecule has 1 unspecified atom stereocenters. The summed E-state index contributed by atoms with van der Waals surface area (Å²) in [6.45, 7) is 0.926. The van der Waals surface area contributed by atoms with Crippen molar-refractivity contribution in [3.05, 3.63) is 102 Å². The van der Waals surface area contributed by atoms with E-state index in [0.717, 1.165) is 23.6 Å². The van der Waals surface area contributed by atoms with Crippen molar-refractivity contribution in [2.75, 3.05) is 18.5 Å². The number of ether oxygens (including phenoxy) is 2. The highest BCUT2D eigenvalue weighted by atomic mass is 16.5. The van der Waals surface area contributed by atoms with Crippen molar-refractivity contribution in [2.45, 2.75) is 18.9 Å². The molecule has 3 amide bonds. The van der Waals surface area contributed by atoms with Gasteiger partial charge in [-0.05, 0) is 66.1 Å². The molecule has 0 spiro atoms. The molecule has 4 aromatic rings. The zero-order valence-corrected chi connectivity index (χ0v) is 20.0. The summed E-state index contributed by atoms with van der Waals surface area (Å²) in [6.07, 6.45) is 1.67. The molecule has 0 radical (unpaired) electrons. The summed E-state index contributed by atoms with van der Waals surface area (Å²) in [5, 5.41) is 4.97. The number of imide groups is 1. The van der Waals surface area contributed by atoms with Gasteiger partial charge in [-0.15, -0.1) is 0 Å². The van der Waals surface area contributed by atoms with Crippen molar-refractivity contribution in [3.8, 4) is 11.5 Å². The maximum Gasteiger partial charge on any atom is 0.261 e. The van der Waals surface area contributed by atoms with E-state index in [9.17, 15) is 14.4 Å². The number of anilines is 1. The highest BCUT2D eigenvalue weighted by Crippen LogP contribution is 2.31. The van der Waals surface area contributed by atoms with E-state index in [-0.39, 0.29) is 30.4 Å². The van der Waals surface area contributed by atoms with Crippen LogP contribution >= 0.6 is 0 Å². The zero-order valence-electron chi connectivity index (χ0n) is 20.0. The molecule has 4 aromatic carbocycles. The number of rotatable bonds is 6. The highest BCUT2D eigenvalue weighted by molar-refractivity contribution is 6.21. The first kappa shape index (κ1) is 22.9. The summed E-state index contributed by atoms with van der Waals surface area (Å²) in [5.41, 5.74) is 1.82. The van der Waals surface area contributed by atoms with Crippen molar-refractivity contribution in [1.82, 2.24) is 4.90 Å². The van der Waals surface area contributed by atoms with Gasteiger partial charge >= 0.3 is 0 Å². The summed E-state index contributed by atoms with van der Waals surface area (Å²) in [4.78, 5) is 39.8. The van der Waals surface area contributed by atoms with Gasteiger partial charge in [0.25, 0.3) is 17.7 Å². The molecule has 2 aliphatic rings. The third-order valence-electron chi connectivity index (χ3n) is 6.69. The van der Waals surface area contributed by atoms with E-state index in [1.807, 2.05) is 36.4 Å². The van der Waals surface area contributed by atoms with Gasteiger partial charge in [0.2, 0.25) is 0 Å². The van der Waals surface area contributed by atoms with Crippen molar-refractivity contribution < 1.29 is 23.9 Å². The predicted octanol–water partition coefficient (Wildman–Crippen LogP) is 5.66. The maximum absolute atomic E-state index is 12.9. The average molecular weight is 493 g/mol. The second-order valence-electron chi connectivity index (χ2n) is 9.21. The topological polar surface area (TPSA) is 84.9 Å². The second kappa shape index (κ2) is 9.52. The molecule has 6 rings (SSSR count). The number of fused-ring (bicyclic) bond motifs is 2. The van der Waals surface area contributed by atoms with Crippen LogP contribution in [-0.4, -0.2) is 41.9 Å². The molecule has 0 saturated carbocycles. The van der Waals surface area contributed by atoms with Gasteiger partial charge in [0, 0.05) is 23.9 Å². The molecule has 0 bridgehead atoms. The SMILES string of the molecule is O=C(Nc1cccc(Oc2ccc3c(c2)C(=O)N(CC2CCCO2)C3=O)c1)c1ccc2ccccc2c1. The third-order valence-corrected chi connectivity index (χ3v) is 6.69. The Hall–Kier alpha value is -4.49. The molecule has 1 atom stereocenters. The van der Waals surface area contributed by atoms with Crippen LogP contribution < -0.4 is 10.1 Å². The molecule has 0 aliphatic carbocycles. The first-order chi connectivity index (χ1) is 18.0. The van der Waals surface area contributed by atoms with E-state index < -0.39 is 0 Å². The zero-order chi connectivity index (χ0) is 25.4. The Labute approximate surface area is 213 Å². The standard InChI is InChI=1S/C30H24N2O5/c33-28(21-11-10-19-5-1-2-6-20(19)15-21)31-22-7-3-8-23(16-22)37-24-12-13-26-27(17-24)30(35)32(29(26)34)18-25-9-4-14-36-25/h1-3,5-8,10-13,15-17,25H,4,9,14,18H2,(H,31,33). The first-order valence-electron chi connectivity index (χ1n) is 12.2. The number of hydrogen-bond donors (Lipinski definition) is 1. The van der Waals surface area contributed by atoms with Crippen molar-refractivity contribution >= 4 is 34.2 Å². The van der Waals surface area contributed by atoms with Gasteiger partial charge in [0.15, 0.2) is 0 Å². The Balaban J connectivity index is 1.16. The van der Waals surface area contributed by atoms with Gasteiger partial charge in [0.1, 0.15) is 11.5 Å². The van der Waals surface area contributed by atoms with Crippen molar-refractivity contribution in [1.29, 1.82) is 0 Å². The molecule has 1 saturated heterocycles. The number of hydrogen-bond acceptors (Lipinski definition) is 5. The molecule has 2 heterocycles. The second-order valence-corrected chi connectivity index (χ2v) is 9.21. The average Bonchev–Trinajstić information content (AvgIpc) is 3.51. The number of nitrogens with zero attached hydrogens (tertiary/aromatic N) is 1. The Kier molecular flexibility index (Phi) is 5.90. The lowest BCUT2D eigenvalue weighted by Gasteiger charge is -2.17. The monoisotopic (exact) mass is 492 g/mol. The molecule has 7 heteroatoms. The van der Waals surface area contributed by atoms with Crippen LogP contribution in [-0.2, 0) is 4.74 Å². The minimum atomic E-state index is -0.336. The molecular weight excluding hydrogens is 468 g/mol. The fourth-order valence-corrected chi connectivity index (χ4v) is 4.80. The van der Waals surface area contributed by atoms with E-state index in [1.54, 1.807) is 48.5 Å². The first-order valence-corrected chi connectivity index (χ1v) is 12.2. The van der Waals surface area contributed by atoms with E-state index in [4.69, 9.17) is 9.47 Å². The van der Waals surface area contributed by atoms with Crippen LogP contribution in [0.2, 0.25) is 0 Å². The Morgan fingerprint density at radius 2 is 1.68 bits per heavy atom. The summed E-state index contributed by atoms with van der Waals surface area (Å²) in [5.74, 6) is 0.0507. The summed E-state index contributed by atoms with van der Waals surface area (Å²) in [7, 11) is 0. The van der Waals surface area contributed by atoms with Gasteiger partial charge in [-0.2, -0.15) is 0 Å². The Bertz CT molecular complexity index is 1540. The molecule has 1 fully saturated rings. The lowest BCUT2D eigenvalue weighted by Crippen LogP contribution is -2.36.